The zero-order chi connectivity index (χ0) is 19.1. The van der Waals surface area contributed by atoms with E-state index in [2.05, 4.69) is 51.5 Å². The van der Waals surface area contributed by atoms with E-state index < -0.39 is 0 Å². The first-order valence-electron chi connectivity index (χ1n) is 8.99. The standard InChI is InChI=1S/C21H23N5O/c1-3-26(4-2)19-10-7-17(8-11-19)24-18-9-12-20(23-15-18)25-21(27)16-6-5-13-22-14-16/h5-15,24H,3-4H2,1-2H3,(H,23,25,27). The number of benzene rings is 1. The zero-order valence-corrected chi connectivity index (χ0v) is 15.5. The Bertz CT molecular complexity index is 859. The largest absolute Gasteiger partial charge is 0.372 e. The topological polar surface area (TPSA) is 70.2 Å². The highest BCUT2D eigenvalue weighted by Crippen LogP contribution is 2.21. The van der Waals surface area contributed by atoms with E-state index in [0.29, 0.717) is 11.4 Å². The number of carbonyl (C=O) groups is 1. The van der Waals surface area contributed by atoms with Crippen molar-refractivity contribution in [2.24, 2.45) is 0 Å². The monoisotopic (exact) mass is 361 g/mol. The van der Waals surface area contributed by atoms with Crippen molar-refractivity contribution in [2.75, 3.05) is 28.6 Å². The molecule has 2 aromatic heterocycles. The van der Waals surface area contributed by atoms with Crippen LogP contribution in [0.5, 0.6) is 0 Å². The molecule has 27 heavy (non-hydrogen) atoms. The summed E-state index contributed by atoms with van der Waals surface area (Å²) in [6.45, 7) is 6.27. The molecule has 0 radical (unpaired) electrons. The Morgan fingerprint density at radius 1 is 0.963 bits per heavy atom. The van der Waals surface area contributed by atoms with Crippen molar-refractivity contribution in [2.45, 2.75) is 13.8 Å². The molecule has 0 atom stereocenters. The highest BCUT2D eigenvalue weighted by Gasteiger charge is 2.07. The van der Waals surface area contributed by atoms with Gasteiger partial charge in [-0.3, -0.25) is 9.78 Å². The van der Waals surface area contributed by atoms with E-state index in [1.54, 1.807) is 30.6 Å². The van der Waals surface area contributed by atoms with Crippen LogP contribution < -0.4 is 15.5 Å². The molecule has 0 spiro atoms. The van der Waals surface area contributed by atoms with Gasteiger partial charge in [-0.2, -0.15) is 0 Å². The van der Waals surface area contributed by atoms with Gasteiger partial charge < -0.3 is 15.5 Å². The van der Waals surface area contributed by atoms with Gasteiger partial charge in [0, 0.05) is 36.9 Å². The average Bonchev–Trinajstić information content (AvgIpc) is 2.72. The number of carbonyl (C=O) groups excluding carboxylic acids is 1. The van der Waals surface area contributed by atoms with Gasteiger partial charge >= 0.3 is 0 Å². The molecule has 1 amide bonds. The van der Waals surface area contributed by atoms with E-state index in [4.69, 9.17) is 0 Å². The SMILES string of the molecule is CCN(CC)c1ccc(Nc2ccc(NC(=O)c3cccnc3)nc2)cc1. The Morgan fingerprint density at radius 3 is 2.30 bits per heavy atom. The lowest BCUT2D eigenvalue weighted by atomic mass is 10.2. The zero-order valence-electron chi connectivity index (χ0n) is 15.5. The van der Waals surface area contributed by atoms with Gasteiger partial charge in [-0.25, -0.2) is 4.98 Å². The first kappa shape index (κ1) is 18.4. The predicted molar refractivity (Wildman–Crippen MR) is 110 cm³/mol. The second-order valence-corrected chi connectivity index (χ2v) is 5.97. The first-order chi connectivity index (χ1) is 13.2. The highest BCUT2D eigenvalue weighted by molar-refractivity contribution is 6.03. The van der Waals surface area contributed by atoms with Crippen molar-refractivity contribution < 1.29 is 4.79 Å². The third-order valence-electron chi connectivity index (χ3n) is 4.21. The van der Waals surface area contributed by atoms with Crippen LogP contribution in [0.4, 0.5) is 22.9 Å². The molecule has 2 heterocycles. The molecule has 0 bridgehead atoms. The average molecular weight is 361 g/mol. The molecular formula is C21H23N5O. The van der Waals surface area contributed by atoms with Gasteiger partial charge in [-0.05, 0) is 62.4 Å². The molecule has 0 aliphatic rings. The molecule has 0 aliphatic carbocycles. The fraction of sp³-hybridized carbons (Fsp3) is 0.190. The summed E-state index contributed by atoms with van der Waals surface area (Å²) in [5.74, 6) is 0.259. The normalized spacial score (nSPS) is 10.3. The fourth-order valence-corrected chi connectivity index (χ4v) is 2.74. The highest BCUT2D eigenvalue weighted by atomic mass is 16.1. The Balaban J connectivity index is 1.61. The summed E-state index contributed by atoms with van der Waals surface area (Å²) in [7, 11) is 0. The number of nitrogens with one attached hydrogen (secondary N) is 2. The van der Waals surface area contributed by atoms with Crippen LogP contribution in [0.3, 0.4) is 0 Å². The number of pyridine rings is 2. The molecule has 0 unspecified atom stereocenters. The summed E-state index contributed by atoms with van der Waals surface area (Å²) in [6.07, 6.45) is 4.84. The minimum atomic E-state index is -0.233. The van der Waals surface area contributed by atoms with Gasteiger partial charge in [0.25, 0.3) is 5.91 Å². The number of amides is 1. The third kappa shape index (κ3) is 4.82. The Kier molecular flexibility index (Phi) is 5.99. The molecule has 0 saturated heterocycles. The Morgan fingerprint density at radius 2 is 1.70 bits per heavy atom. The molecule has 0 fully saturated rings. The molecule has 6 nitrogen and oxygen atoms in total. The van der Waals surface area contributed by atoms with E-state index in [-0.39, 0.29) is 5.91 Å². The molecule has 2 N–H and O–H groups in total. The van der Waals surface area contributed by atoms with E-state index in [9.17, 15) is 4.79 Å². The van der Waals surface area contributed by atoms with Crippen LogP contribution >= 0.6 is 0 Å². The summed E-state index contributed by atoms with van der Waals surface area (Å²) in [6, 6.07) is 15.4. The van der Waals surface area contributed by atoms with Crippen molar-refractivity contribution >= 4 is 28.8 Å². The van der Waals surface area contributed by atoms with Crippen LogP contribution in [0.2, 0.25) is 0 Å². The smallest absolute Gasteiger partial charge is 0.258 e. The minimum Gasteiger partial charge on any atom is -0.372 e. The fourth-order valence-electron chi connectivity index (χ4n) is 2.74. The van der Waals surface area contributed by atoms with Crippen molar-refractivity contribution in [1.82, 2.24) is 9.97 Å². The number of nitrogens with zero attached hydrogens (tertiary/aromatic N) is 3. The van der Waals surface area contributed by atoms with E-state index in [1.165, 1.54) is 11.9 Å². The molecule has 1 aromatic carbocycles. The number of hydrogen-bond donors (Lipinski definition) is 2. The molecule has 138 valence electrons. The van der Waals surface area contributed by atoms with Gasteiger partial charge in [-0.15, -0.1) is 0 Å². The van der Waals surface area contributed by atoms with Crippen molar-refractivity contribution in [3.63, 3.8) is 0 Å². The maximum absolute atomic E-state index is 12.1. The van der Waals surface area contributed by atoms with Gasteiger partial charge in [0.05, 0.1) is 17.4 Å². The predicted octanol–water partition coefficient (Wildman–Crippen LogP) is 4.32. The second-order valence-electron chi connectivity index (χ2n) is 5.97. The lowest BCUT2D eigenvalue weighted by Crippen LogP contribution is -2.21. The van der Waals surface area contributed by atoms with Crippen molar-refractivity contribution in [3.8, 4) is 0 Å². The Labute approximate surface area is 159 Å². The van der Waals surface area contributed by atoms with Gasteiger partial charge in [0.2, 0.25) is 0 Å². The third-order valence-corrected chi connectivity index (χ3v) is 4.21. The van der Waals surface area contributed by atoms with Gasteiger partial charge in [-0.1, -0.05) is 0 Å². The Hall–Kier alpha value is -3.41. The van der Waals surface area contributed by atoms with Gasteiger partial charge in [0.1, 0.15) is 5.82 Å². The molecule has 0 saturated carbocycles. The summed E-state index contributed by atoms with van der Waals surface area (Å²) < 4.78 is 0. The van der Waals surface area contributed by atoms with E-state index in [1.807, 2.05) is 18.2 Å². The maximum Gasteiger partial charge on any atom is 0.258 e. The lowest BCUT2D eigenvalue weighted by Gasteiger charge is -2.21. The van der Waals surface area contributed by atoms with Crippen LogP contribution in [0.25, 0.3) is 0 Å². The van der Waals surface area contributed by atoms with E-state index >= 15 is 0 Å². The molecule has 3 aromatic rings. The summed E-state index contributed by atoms with van der Waals surface area (Å²) in [4.78, 5) is 22.6. The van der Waals surface area contributed by atoms with Crippen LogP contribution in [0.15, 0.2) is 67.1 Å². The second kappa shape index (κ2) is 8.80. The molecule has 6 heteroatoms. The number of anilines is 4. The van der Waals surface area contributed by atoms with Crippen LogP contribution in [-0.4, -0.2) is 29.0 Å². The number of hydrogen-bond acceptors (Lipinski definition) is 5. The molecular weight excluding hydrogens is 338 g/mol. The summed E-state index contributed by atoms with van der Waals surface area (Å²) >= 11 is 0. The molecule has 0 aliphatic heterocycles. The van der Waals surface area contributed by atoms with Crippen molar-refractivity contribution in [3.05, 3.63) is 72.7 Å². The first-order valence-corrected chi connectivity index (χ1v) is 8.99. The number of rotatable bonds is 7. The number of aromatic nitrogens is 2. The van der Waals surface area contributed by atoms with Gasteiger partial charge in [0.15, 0.2) is 0 Å². The lowest BCUT2D eigenvalue weighted by molar-refractivity contribution is 0.102. The summed E-state index contributed by atoms with van der Waals surface area (Å²) in [5.41, 5.74) is 3.54. The quantitative estimate of drug-likeness (QED) is 0.656. The maximum atomic E-state index is 12.1. The van der Waals surface area contributed by atoms with Crippen LogP contribution in [0, 0.1) is 0 Å². The minimum absolute atomic E-state index is 0.233. The van der Waals surface area contributed by atoms with Crippen LogP contribution in [0.1, 0.15) is 24.2 Å². The van der Waals surface area contributed by atoms with Crippen molar-refractivity contribution in [1.29, 1.82) is 0 Å². The summed E-state index contributed by atoms with van der Waals surface area (Å²) in [5, 5.41) is 6.07. The molecule has 3 rings (SSSR count). The van der Waals surface area contributed by atoms with Crippen LogP contribution in [-0.2, 0) is 0 Å². The van der Waals surface area contributed by atoms with E-state index in [0.717, 1.165) is 24.5 Å².